The minimum Gasteiger partial charge on any atom is -0.490 e. The zero-order valence-corrected chi connectivity index (χ0v) is 12.3. The molecule has 0 spiro atoms. The third-order valence-electron chi connectivity index (χ3n) is 3.61. The highest BCUT2D eigenvalue weighted by molar-refractivity contribution is 7.15. The molecule has 1 amide bonds. The number of aromatic nitrogens is 2. The fourth-order valence-corrected chi connectivity index (χ4v) is 3.42. The third-order valence-corrected chi connectivity index (χ3v) is 4.37. The van der Waals surface area contributed by atoms with Gasteiger partial charge in [-0.1, -0.05) is 12.1 Å². The standard InChI is InChI=1S/C15H13N3O2S/c1-10-13(18-7-9-21-15(18)16-10)14(19)17-6-8-20-12-5-3-2-4-11(12)17/h2-5,7,9H,6,8H2,1H3. The van der Waals surface area contributed by atoms with E-state index in [9.17, 15) is 4.79 Å². The van der Waals surface area contributed by atoms with Crippen LogP contribution < -0.4 is 9.64 Å². The predicted molar refractivity (Wildman–Crippen MR) is 81.4 cm³/mol. The van der Waals surface area contributed by atoms with Crippen LogP contribution in [-0.2, 0) is 0 Å². The van der Waals surface area contributed by atoms with E-state index in [4.69, 9.17) is 4.74 Å². The quantitative estimate of drug-likeness (QED) is 0.694. The summed E-state index contributed by atoms with van der Waals surface area (Å²) in [5, 5.41) is 1.94. The molecule has 0 fully saturated rings. The Kier molecular flexibility index (Phi) is 2.71. The van der Waals surface area contributed by atoms with Gasteiger partial charge in [-0.3, -0.25) is 9.20 Å². The van der Waals surface area contributed by atoms with E-state index in [0.717, 1.165) is 22.1 Å². The maximum Gasteiger partial charge on any atom is 0.277 e. The van der Waals surface area contributed by atoms with E-state index in [1.807, 2.05) is 47.2 Å². The Bertz CT molecular complexity index is 836. The highest BCUT2D eigenvalue weighted by Crippen LogP contribution is 2.32. The largest absolute Gasteiger partial charge is 0.490 e. The number of aryl methyl sites for hydroxylation is 1. The van der Waals surface area contributed by atoms with Gasteiger partial charge in [-0.25, -0.2) is 4.98 Å². The minimum absolute atomic E-state index is 0.0332. The maximum atomic E-state index is 13.0. The van der Waals surface area contributed by atoms with Gasteiger partial charge in [0.1, 0.15) is 18.1 Å². The Labute approximate surface area is 125 Å². The summed E-state index contributed by atoms with van der Waals surface area (Å²) >= 11 is 1.53. The van der Waals surface area contributed by atoms with Crippen molar-refractivity contribution >= 4 is 27.9 Å². The normalized spacial score (nSPS) is 14.0. The van der Waals surface area contributed by atoms with Gasteiger partial charge in [-0.15, -0.1) is 11.3 Å². The van der Waals surface area contributed by atoms with Crippen LogP contribution in [-0.4, -0.2) is 28.4 Å². The first-order valence-electron chi connectivity index (χ1n) is 6.71. The molecule has 21 heavy (non-hydrogen) atoms. The number of fused-ring (bicyclic) bond motifs is 2. The van der Waals surface area contributed by atoms with Crippen LogP contribution >= 0.6 is 11.3 Å². The Balaban J connectivity index is 1.82. The maximum absolute atomic E-state index is 13.0. The average molecular weight is 299 g/mol. The van der Waals surface area contributed by atoms with Gasteiger partial charge in [0, 0.05) is 11.6 Å². The van der Waals surface area contributed by atoms with Gasteiger partial charge < -0.3 is 9.64 Å². The smallest absolute Gasteiger partial charge is 0.277 e. The third kappa shape index (κ3) is 1.83. The number of nitrogens with zero attached hydrogens (tertiary/aromatic N) is 3. The summed E-state index contributed by atoms with van der Waals surface area (Å²) in [4.78, 5) is 20.0. The molecule has 0 bridgehead atoms. The van der Waals surface area contributed by atoms with Crippen molar-refractivity contribution in [2.45, 2.75) is 6.92 Å². The second-order valence-corrected chi connectivity index (χ2v) is 5.75. The number of hydrogen-bond acceptors (Lipinski definition) is 4. The van der Waals surface area contributed by atoms with Crippen molar-refractivity contribution in [2.75, 3.05) is 18.1 Å². The van der Waals surface area contributed by atoms with Crippen LogP contribution in [0.3, 0.4) is 0 Å². The first kappa shape index (κ1) is 12.4. The lowest BCUT2D eigenvalue weighted by molar-refractivity contribution is 0.0970. The number of amides is 1. The van der Waals surface area contributed by atoms with E-state index in [1.54, 1.807) is 4.90 Å². The van der Waals surface area contributed by atoms with E-state index in [0.29, 0.717) is 18.8 Å². The molecule has 3 aromatic rings. The highest BCUT2D eigenvalue weighted by Gasteiger charge is 2.28. The number of rotatable bonds is 1. The van der Waals surface area contributed by atoms with E-state index >= 15 is 0 Å². The first-order valence-corrected chi connectivity index (χ1v) is 7.59. The fourth-order valence-electron chi connectivity index (χ4n) is 2.66. The second-order valence-electron chi connectivity index (χ2n) is 4.87. The van der Waals surface area contributed by atoms with E-state index < -0.39 is 0 Å². The SMILES string of the molecule is Cc1nc2sccn2c1C(=O)N1CCOc2ccccc21. The molecule has 0 aliphatic carbocycles. The van der Waals surface area contributed by atoms with Crippen LogP contribution in [0.5, 0.6) is 5.75 Å². The van der Waals surface area contributed by atoms with Gasteiger partial charge >= 0.3 is 0 Å². The second kappa shape index (κ2) is 4.60. The molecule has 1 aliphatic rings. The zero-order chi connectivity index (χ0) is 14.4. The lowest BCUT2D eigenvalue weighted by atomic mass is 10.2. The van der Waals surface area contributed by atoms with Crippen LogP contribution in [0, 0.1) is 6.92 Å². The molecular formula is C15H13N3O2S. The van der Waals surface area contributed by atoms with Crippen molar-refractivity contribution in [1.29, 1.82) is 0 Å². The van der Waals surface area contributed by atoms with Crippen molar-refractivity contribution in [3.63, 3.8) is 0 Å². The number of imidazole rings is 1. The van der Waals surface area contributed by atoms with E-state index in [-0.39, 0.29) is 5.91 Å². The molecule has 3 heterocycles. The minimum atomic E-state index is -0.0332. The predicted octanol–water partition coefficient (Wildman–Crippen LogP) is 2.74. The molecule has 0 radical (unpaired) electrons. The lowest BCUT2D eigenvalue weighted by Crippen LogP contribution is -2.38. The Morgan fingerprint density at radius 2 is 2.24 bits per heavy atom. The zero-order valence-electron chi connectivity index (χ0n) is 11.4. The van der Waals surface area contributed by atoms with Gasteiger partial charge in [0.2, 0.25) is 0 Å². The number of anilines is 1. The van der Waals surface area contributed by atoms with Crippen LogP contribution in [0.15, 0.2) is 35.8 Å². The topological polar surface area (TPSA) is 46.8 Å². The number of thiazole rings is 1. The van der Waals surface area contributed by atoms with Gasteiger partial charge in [-0.2, -0.15) is 0 Å². The fraction of sp³-hybridized carbons (Fsp3) is 0.200. The average Bonchev–Trinajstić information content (AvgIpc) is 3.06. The molecule has 6 heteroatoms. The van der Waals surface area contributed by atoms with Crippen LogP contribution in [0.1, 0.15) is 16.2 Å². The van der Waals surface area contributed by atoms with Crippen LogP contribution in [0.2, 0.25) is 0 Å². The Hall–Kier alpha value is -2.34. The summed E-state index contributed by atoms with van der Waals surface area (Å²) in [6.45, 7) is 2.93. The van der Waals surface area contributed by atoms with Gasteiger partial charge in [0.05, 0.1) is 17.9 Å². The summed E-state index contributed by atoms with van der Waals surface area (Å²) in [5.41, 5.74) is 2.21. The molecule has 0 saturated heterocycles. The number of carbonyl (C=O) groups is 1. The molecule has 1 aliphatic heterocycles. The van der Waals surface area contributed by atoms with Crippen molar-refractivity contribution in [3.8, 4) is 5.75 Å². The molecule has 106 valence electrons. The van der Waals surface area contributed by atoms with Crippen molar-refractivity contribution in [1.82, 2.24) is 9.38 Å². The number of benzene rings is 1. The Morgan fingerprint density at radius 3 is 3.14 bits per heavy atom. The summed E-state index contributed by atoms with van der Waals surface area (Å²) in [6, 6.07) is 7.62. The summed E-state index contributed by atoms with van der Waals surface area (Å²) in [7, 11) is 0. The van der Waals surface area contributed by atoms with Crippen LogP contribution in [0.4, 0.5) is 5.69 Å². The number of ether oxygens (including phenoxy) is 1. The molecule has 5 nitrogen and oxygen atoms in total. The summed E-state index contributed by atoms with van der Waals surface area (Å²) in [6.07, 6.45) is 1.89. The molecule has 0 unspecified atom stereocenters. The molecule has 0 atom stereocenters. The van der Waals surface area contributed by atoms with E-state index in [1.165, 1.54) is 11.3 Å². The summed E-state index contributed by atoms with van der Waals surface area (Å²) < 4.78 is 7.47. The van der Waals surface area contributed by atoms with E-state index in [2.05, 4.69) is 4.98 Å². The van der Waals surface area contributed by atoms with Crippen molar-refractivity contribution in [3.05, 3.63) is 47.2 Å². The van der Waals surface area contributed by atoms with Gasteiger partial charge in [0.15, 0.2) is 4.96 Å². The Morgan fingerprint density at radius 1 is 1.38 bits per heavy atom. The molecule has 4 rings (SSSR count). The molecule has 0 saturated carbocycles. The number of carbonyl (C=O) groups excluding carboxylic acids is 1. The van der Waals surface area contributed by atoms with Gasteiger partial charge in [0.25, 0.3) is 5.91 Å². The number of para-hydroxylation sites is 2. The molecule has 2 aromatic heterocycles. The van der Waals surface area contributed by atoms with Gasteiger partial charge in [-0.05, 0) is 19.1 Å². The van der Waals surface area contributed by atoms with Crippen LogP contribution in [0.25, 0.3) is 4.96 Å². The molecule has 0 N–H and O–H groups in total. The summed E-state index contributed by atoms with van der Waals surface area (Å²) in [5.74, 6) is 0.718. The first-order chi connectivity index (χ1) is 10.3. The van der Waals surface area contributed by atoms with Crippen molar-refractivity contribution < 1.29 is 9.53 Å². The molecular weight excluding hydrogens is 286 g/mol. The van der Waals surface area contributed by atoms with Crippen molar-refractivity contribution in [2.24, 2.45) is 0 Å². The highest BCUT2D eigenvalue weighted by atomic mass is 32.1. The molecule has 1 aromatic carbocycles. The number of hydrogen-bond donors (Lipinski definition) is 0. The lowest BCUT2D eigenvalue weighted by Gasteiger charge is -2.29. The monoisotopic (exact) mass is 299 g/mol.